The summed E-state index contributed by atoms with van der Waals surface area (Å²) in [4.78, 5) is 14.4. The molecule has 2 N–H and O–H groups in total. The van der Waals surface area contributed by atoms with E-state index in [1.165, 1.54) is 6.07 Å². The molecule has 4 rings (SSSR count). The largest absolute Gasteiger partial charge is 0.481 e. The van der Waals surface area contributed by atoms with Gasteiger partial charge >= 0.3 is 5.97 Å². The first-order valence-electron chi connectivity index (χ1n) is 9.14. The van der Waals surface area contributed by atoms with Gasteiger partial charge in [0.1, 0.15) is 5.82 Å². The maximum atomic E-state index is 14.3. The van der Waals surface area contributed by atoms with Crippen molar-refractivity contribution >= 4 is 38.3 Å². The van der Waals surface area contributed by atoms with Gasteiger partial charge in [-0.1, -0.05) is 23.7 Å². The van der Waals surface area contributed by atoms with Gasteiger partial charge in [-0.05, 0) is 54.2 Å². The van der Waals surface area contributed by atoms with Crippen LogP contribution in [0.25, 0.3) is 10.9 Å². The number of aromatic nitrogens is 1. The van der Waals surface area contributed by atoms with E-state index in [9.17, 15) is 22.7 Å². The number of hydrogen-bond donors (Lipinski definition) is 2. The van der Waals surface area contributed by atoms with Crippen LogP contribution in [0.3, 0.4) is 0 Å². The summed E-state index contributed by atoms with van der Waals surface area (Å²) in [6.07, 6.45) is 2.18. The first-order valence-corrected chi connectivity index (χ1v) is 11.4. The Morgan fingerprint density at radius 1 is 1.24 bits per heavy atom. The summed E-state index contributed by atoms with van der Waals surface area (Å²) in [5.74, 6) is -1.91. The van der Waals surface area contributed by atoms with E-state index < -0.39 is 21.6 Å². The second-order valence-electron chi connectivity index (χ2n) is 7.61. The van der Waals surface area contributed by atoms with Gasteiger partial charge in [-0.25, -0.2) is 12.8 Å². The number of rotatable bonds is 5. The highest BCUT2D eigenvalue weighted by molar-refractivity contribution is 7.91. The van der Waals surface area contributed by atoms with Crippen molar-refractivity contribution in [1.29, 1.82) is 0 Å². The van der Waals surface area contributed by atoms with E-state index in [-0.39, 0.29) is 23.2 Å². The molecule has 5 nitrogen and oxygen atoms in total. The minimum Gasteiger partial charge on any atom is -0.481 e. The Labute approximate surface area is 172 Å². The molecule has 1 heterocycles. The van der Waals surface area contributed by atoms with Gasteiger partial charge in [-0.3, -0.25) is 4.79 Å². The number of nitrogens with one attached hydrogen (secondary N) is 1. The molecule has 0 saturated carbocycles. The van der Waals surface area contributed by atoms with Crippen LogP contribution in [0.1, 0.15) is 41.5 Å². The van der Waals surface area contributed by atoms with Gasteiger partial charge in [0, 0.05) is 28.3 Å². The molecule has 152 valence electrons. The fourth-order valence-corrected chi connectivity index (χ4v) is 5.37. The minimum absolute atomic E-state index is 0.0570. The van der Waals surface area contributed by atoms with Crippen molar-refractivity contribution in [2.45, 2.75) is 36.0 Å². The topological polar surface area (TPSA) is 87.2 Å². The number of sulfone groups is 1. The van der Waals surface area contributed by atoms with Crippen LogP contribution in [-0.4, -0.2) is 30.7 Å². The lowest BCUT2D eigenvalue weighted by Crippen LogP contribution is -2.06. The average Bonchev–Trinajstić information content (AvgIpc) is 3.14. The second kappa shape index (κ2) is 7.15. The fourth-order valence-electron chi connectivity index (χ4n) is 4.39. The van der Waals surface area contributed by atoms with Crippen molar-refractivity contribution in [2.24, 2.45) is 0 Å². The number of fused-ring (bicyclic) bond motifs is 3. The van der Waals surface area contributed by atoms with E-state index in [0.717, 1.165) is 23.4 Å². The molecule has 0 amide bonds. The molecule has 1 aromatic heterocycles. The molecular weight excluding hydrogens is 417 g/mol. The third-order valence-corrected chi connectivity index (χ3v) is 6.88. The number of hydrogen-bond acceptors (Lipinski definition) is 3. The Kier molecular flexibility index (Phi) is 4.91. The normalized spacial score (nSPS) is 18.9. The van der Waals surface area contributed by atoms with Gasteiger partial charge in [-0.15, -0.1) is 0 Å². The van der Waals surface area contributed by atoms with Crippen molar-refractivity contribution in [3.05, 3.63) is 64.1 Å². The smallest absolute Gasteiger partial charge is 0.304 e. The molecule has 0 saturated heterocycles. The average molecular weight is 436 g/mol. The molecule has 0 bridgehead atoms. The zero-order valence-corrected chi connectivity index (χ0v) is 17.1. The number of carboxylic acid groups (broad SMARTS) is 1. The maximum Gasteiger partial charge on any atom is 0.304 e. The molecule has 2 aromatic carbocycles. The molecule has 2 atom stereocenters. The molecular formula is C21H19ClFNO4S. The summed E-state index contributed by atoms with van der Waals surface area (Å²) in [5.41, 5.74) is 2.87. The van der Waals surface area contributed by atoms with Gasteiger partial charge < -0.3 is 10.1 Å². The van der Waals surface area contributed by atoms with E-state index in [4.69, 9.17) is 11.6 Å². The van der Waals surface area contributed by atoms with Crippen LogP contribution in [0.15, 0.2) is 41.3 Å². The molecule has 0 spiro atoms. The number of halogens is 2. The Balaban J connectivity index is 1.88. The van der Waals surface area contributed by atoms with E-state index in [2.05, 4.69) is 4.98 Å². The lowest BCUT2D eigenvalue weighted by atomic mass is 9.91. The Morgan fingerprint density at radius 3 is 2.55 bits per heavy atom. The number of carbonyl (C=O) groups is 1. The lowest BCUT2D eigenvalue weighted by Gasteiger charge is -2.14. The van der Waals surface area contributed by atoms with Crippen molar-refractivity contribution in [1.82, 2.24) is 4.98 Å². The minimum atomic E-state index is -3.66. The third kappa shape index (κ3) is 3.76. The predicted octanol–water partition coefficient (Wildman–Crippen LogP) is 4.65. The highest BCUT2D eigenvalue weighted by atomic mass is 35.5. The van der Waals surface area contributed by atoms with Crippen LogP contribution in [0.2, 0.25) is 5.02 Å². The Bertz CT molecular complexity index is 1220. The van der Waals surface area contributed by atoms with Crippen molar-refractivity contribution < 1.29 is 22.7 Å². The number of benzene rings is 2. The summed E-state index contributed by atoms with van der Waals surface area (Å²) in [6, 6.07) is 9.73. The quantitative estimate of drug-likeness (QED) is 0.610. The van der Waals surface area contributed by atoms with Crippen LogP contribution in [-0.2, 0) is 21.1 Å². The molecule has 0 fully saturated rings. The third-order valence-electron chi connectivity index (χ3n) is 5.51. The van der Waals surface area contributed by atoms with E-state index in [0.29, 0.717) is 34.5 Å². The van der Waals surface area contributed by atoms with Gasteiger partial charge in [0.25, 0.3) is 0 Å². The molecule has 0 aliphatic heterocycles. The predicted molar refractivity (Wildman–Crippen MR) is 109 cm³/mol. The number of carboxylic acids is 1. The van der Waals surface area contributed by atoms with Crippen LogP contribution in [0.4, 0.5) is 4.39 Å². The molecule has 8 heteroatoms. The van der Waals surface area contributed by atoms with Gasteiger partial charge in [0.2, 0.25) is 0 Å². The summed E-state index contributed by atoms with van der Waals surface area (Å²) < 4.78 is 38.7. The van der Waals surface area contributed by atoms with Crippen LogP contribution >= 0.6 is 11.6 Å². The first-order chi connectivity index (χ1) is 13.6. The molecule has 0 radical (unpaired) electrons. The van der Waals surface area contributed by atoms with Crippen molar-refractivity contribution in [3.63, 3.8) is 0 Å². The van der Waals surface area contributed by atoms with E-state index in [1.807, 2.05) is 12.1 Å². The van der Waals surface area contributed by atoms with Gasteiger partial charge in [0.15, 0.2) is 9.84 Å². The summed E-state index contributed by atoms with van der Waals surface area (Å²) in [7, 11) is -3.66. The fraction of sp³-hybridized carbons (Fsp3) is 0.286. The summed E-state index contributed by atoms with van der Waals surface area (Å²) in [5, 5.41) is 10.5. The van der Waals surface area contributed by atoms with E-state index >= 15 is 0 Å². The lowest BCUT2D eigenvalue weighted by molar-refractivity contribution is -0.137. The maximum absolute atomic E-state index is 14.3. The van der Waals surface area contributed by atoms with Crippen LogP contribution < -0.4 is 0 Å². The van der Waals surface area contributed by atoms with Gasteiger partial charge in [-0.2, -0.15) is 0 Å². The van der Waals surface area contributed by atoms with Crippen LogP contribution in [0.5, 0.6) is 0 Å². The molecule has 3 aromatic rings. The standard InChI is InChI=1S/C21H19ClFNO4S/c1-29(27,28)17-10-15(23)9-16-19-12(6-11-2-4-14(22)5-3-11)7-13(8-18(25)26)20(19)24-21(16)17/h2-5,9-10,12-13,24H,6-8H2,1H3,(H,25,26). The monoisotopic (exact) mass is 435 g/mol. The zero-order chi connectivity index (χ0) is 20.9. The molecule has 2 unspecified atom stereocenters. The highest BCUT2D eigenvalue weighted by Crippen LogP contribution is 2.49. The van der Waals surface area contributed by atoms with E-state index in [1.54, 1.807) is 12.1 Å². The molecule has 1 aliphatic carbocycles. The SMILES string of the molecule is CS(=O)(=O)c1cc(F)cc2c3c([nH]c12)C(CC(=O)O)CC3Cc1ccc(Cl)cc1. The second-order valence-corrected chi connectivity index (χ2v) is 10.0. The Hall–Kier alpha value is -2.38. The number of H-pyrrole nitrogens is 1. The molecule has 1 aliphatic rings. The first kappa shape index (κ1) is 19.9. The molecule has 29 heavy (non-hydrogen) atoms. The highest BCUT2D eigenvalue weighted by Gasteiger charge is 2.36. The number of aromatic amines is 1. The Morgan fingerprint density at radius 2 is 1.93 bits per heavy atom. The number of aliphatic carboxylic acids is 1. The van der Waals surface area contributed by atoms with Crippen molar-refractivity contribution in [3.8, 4) is 0 Å². The summed E-state index contributed by atoms with van der Waals surface area (Å²) >= 11 is 5.96. The van der Waals surface area contributed by atoms with Crippen LogP contribution in [0, 0.1) is 5.82 Å². The zero-order valence-electron chi connectivity index (χ0n) is 15.6. The van der Waals surface area contributed by atoms with Gasteiger partial charge in [0.05, 0.1) is 16.8 Å². The summed E-state index contributed by atoms with van der Waals surface area (Å²) in [6.45, 7) is 0. The van der Waals surface area contributed by atoms with Crippen molar-refractivity contribution in [2.75, 3.05) is 6.26 Å².